The second kappa shape index (κ2) is 8.28. The summed E-state index contributed by atoms with van der Waals surface area (Å²) in [5.41, 5.74) is 0.960. The molecule has 1 aromatic heterocycles. The highest BCUT2D eigenvalue weighted by atomic mass is 35.5. The maximum Gasteiger partial charge on any atom is 0.220 e. The molecule has 1 fully saturated rings. The van der Waals surface area contributed by atoms with Crippen LogP contribution in [0.1, 0.15) is 44.6 Å². The van der Waals surface area contributed by atoms with Crippen LogP contribution < -0.4 is 5.32 Å². The summed E-state index contributed by atoms with van der Waals surface area (Å²) in [6.45, 7) is 5.62. The fraction of sp³-hybridized carbons (Fsp3) is 0.476. The summed E-state index contributed by atoms with van der Waals surface area (Å²) in [6, 6.07) is 12.0. The number of hydrogen-bond donors (Lipinski definition) is 1. The third-order valence-corrected chi connectivity index (χ3v) is 5.18. The molecule has 0 aliphatic carbocycles. The van der Waals surface area contributed by atoms with Crippen molar-refractivity contribution in [3.05, 3.63) is 59.4 Å². The van der Waals surface area contributed by atoms with Crippen molar-refractivity contribution in [3.8, 4) is 0 Å². The van der Waals surface area contributed by atoms with Gasteiger partial charge in [0.2, 0.25) is 5.91 Å². The first-order valence-corrected chi connectivity index (χ1v) is 9.59. The second-order valence-electron chi connectivity index (χ2n) is 7.70. The average molecular weight is 375 g/mol. The number of ether oxygens (including phenoxy) is 1. The lowest BCUT2D eigenvalue weighted by molar-refractivity contribution is -0.124. The maximum absolute atomic E-state index is 12.7. The number of halogens is 1. The van der Waals surface area contributed by atoms with E-state index in [1.165, 1.54) is 0 Å². The van der Waals surface area contributed by atoms with Crippen LogP contribution in [-0.4, -0.2) is 28.7 Å². The SMILES string of the molecule is CC1(C)C[C@H](NC(=O)C[C@@H](Cn2cccc2)c2ccc(Cl)cc2)CCO1. The van der Waals surface area contributed by atoms with Gasteiger partial charge in [-0.2, -0.15) is 0 Å². The number of aromatic nitrogens is 1. The van der Waals surface area contributed by atoms with Gasteiger partial charge < -0.3 is 14.6 Å². The van der Waals surface area contributed by atoms with Crippen molar-refractivity contribution < 1.29 is 9.53 Å². The van der Waals surface area contributed by atoms with Crippen LogP contribution in [0.2, 0.25) is 5.02 Å². The smallest absolute Gasteiger partial charge is 0.220 e. The van der Waals surface area contributed by atoms with E-state index in [1.54, 1.807) is 0 Å². The van der Waals surface area contributed by atoms with Gasteiger partial charge in [-0.3, -0.25) is 4.79 Å². The number of benzene rings is 1. The molecule has 1 N–H and O–H groups in total. The number of amides is 1. The van der Waals surface area contributed by atoms with Crippen molar-refractivity contribution in [2.24, 2.45) is 0 Å². The number of carbonyl (C=O) groups excluding carboxylic acids is 1. The van der Waals surface area contributed by atoms with Gasteiger partial charge in [-0.05, 0) is 56.5 Å². The summed E-state index contributed by atoms with van der Waals surface area (Å²) in [7, 11) is 0. The molecule has 2 heterocycles. The number of nitrogens with zero attached hydrogens (tertiary/aromatic N) is 1. The zero-order chi connectivity index (χ0) is 18.6. The van der Waals surface area contributed by atoms with E-state index in [0.717, 1.165) is 24.9 Å². The number of rotatable bonds is 6. The molecule has 1 amide bonds. The van der Waals surface area contributed by atoms with Crippen molar-refractivity contribution in [2.45, 2.75) is 57.2 Å². The van der Waals surface area contributed by atoms with Crippen molar-refractivity contribution in [2.75, 3.05) is 6.61 Å². The Kier molecular flexibility index (Phi) is 6.05. The Balaban J connectivity index is 1.66. The molecule has 0 unspecified atom stereocenters. The Labute approximate surface area is 160 Å². The third kappa shape index (κ3) is 5.36. The van der Waals surface area contributed by atoms with E-state index in [9.17, 15) is 4.79 Å². The average Bonchev–Trinajstić information content (AvgIpc) is 3.07. The fourth-order valence-corrected chi connectivity index (χ4v) is 3.76. The molecular weight excluding hydrogens is 348 g/mol. The first-order chi connectivity index (χ1) is 12.4. The minimum atomic E-state index is -0.170. The molecular formula is C21H27ClN2O2. The van der Waals surface area contributed by atoms with E-state index in [1.807, 2.05) is 48.8 Å². The summed E-state index contributed by atoms with van der Waals surface area (Å²) in [4.78, 5) is 12.7. The standard InChI is InChI=1S/C21H27ClN2O2/c1-21(2)14-19(9-12-26-21)23-20(25)13-17(15-24-10-3-4-11-24)16-5-7-18(22)8-6-16/h3-8,10-11,17,19H,9,12-15H2,1-2H3,(H,23,25)/t17-,19+/m0/s1. The molecule has 0 bridgehead atoms. The molecule has 5 heteroatoms. The van der Waals surface area contributed by atoms with Crippen LogP contribution in [0.15, 0.2) is 48.8 Å². The molecule has 2 atom stereocenters. The molecule has 3 rings (SSSR count). The van der Waals surface area contributed by atoms with Gasteiger partial charge in [-0.25, -0.2) is 0 Å². The minimum absolute atomic E-state index is 0.0970. The lowest BCUT2D eigenvalue weighted by Gasteiger charge is -2.36. The van der Waals surface area contributed by atoms with Crippen LogP contribution in [0, 0.1) is 0 Å². The number of nitrogens with one attached hydrogen (secondary N) is 1. The molecule has 26 heavy (non-hydrogen) atoms. The van der Waals surface area contributed by atoms with Gasteiger partial charge in [0.15, 0.2) is 0 Å². The predicted molar refractivity (Wildman–Crippen MR) is 104 cm³/mol. The molecule has 0 saturated carbocycles. The van der Waals surface area contributed by atoms with Crippen molar-refractivity contribution >= 4 is 17.5 Å². The zero-order valence-electron chi connectivity index (χ0n) is 15.5. The Bertz CT molecular complexity index is 710. The molecule has 1 saturated heterocycles. The largest absolute Gasteiger partial charge is 0.375 e. The molecule has 1 aromatic carbocycles. The van der Waals surface area contributed by atoms with Crippen LogP contribution >= 0.6 is 11.6 Å². The van der Waals surface area contributed by atoms with Crippen LogP contribution in [0.5, 0.6) is 0 Å². The molecule has 140 valence electrons. The molecule has 1 aliphatic heterocycles. The Morgan fingerprint density at radius 2 is 2.00 bits per heavy atom. The summed E-state index contributed by atoms with van der Waals surface area (Å²) in [5, 5.41) is 3.92. The maximum atomic E-state index is 12.7. The first kappa shape index (κ1) is 19.0. The second-order valence-corrected chi connectivity index (χ2v) is 8.13. The van der Waals surface area contributed by atoms with E-state index < -0.39 is 0 Å². The quantitative estimate of drug-likeness (QED) is 0.814. The lowest BCUT2D eigenvalue weighted by atomic mass is 9.92. The van der Waals surface area contributed by atoms with Crippen LogP contribution in [-0.2, 0) is 16.1 Å². The highest BCUT2D eigenvalue weighted by Gasteiger charge is 2.30. The van der Waals surface area contributed by atoms with E-state index in [4.69, 9.17) is 16.3 Å². The van der Waals surface area contributed by atoms with Gasteiger partial charge in [-0.15, -0.1) is 0 Å². The Hall–Kier alpha value is -1.78. The van der Waals surface area contributed by atoms with Crippen LogP contribution in [0.4, 0.5) is 0 Å². The van der Waals surface area contributed by atoms with Gasteiger partial charge in [0.1, 0.15) is 0 Å². The Morgan fingerprint density at radius 3 is 2.65 bits per heavy atom. The van der Waals surface area contributed by atoms with E-state index >= 15 is 0 Å². The molecule has 2 aromatic rings. The van der Waals surface area contributed by atoms with Gasteiger partial charge >= 0.3 is 0 Å². The normalized spacial score (nSPS) is 20.5. The third-order valence-electron chi connectivity index (χ3n) is 4.93. The van der Waals surface area contributed by atoms with E-state index in [0.29, 0.717) is 18.1 Å². The number of hydrogen-bond acceptors (Lipinski definition) is 2. The monoisotopic (exact) mass is 374 g/mol. The summed E-state index contributed by atoms with van der Waals surface area (Å²) in [5.74, 6) is 0.201. The molecule has 1 aliphatic rings. The molecule has 4 nitrogen and oxygen atoms in total. The Morgan fingerprint density at radius 1 is 1.31 bits per heavy atom. The van der Waals surface area contributed by atoms with Gasteiger partial charge in [0.05, 0.1) is 5.60 Å². The summed E-state index contributed by atoms with van der Waals surface area (Å²) >= 11 is 6.02. The lowest BCUT2D eigenvalue weighted by Crippen LogP contribution is -2.46. The zero-order valence-corrected chi connectivity index (χ0v) is 16.2. The topological polar surface area (TPSA) is 43.3 Å². The highest BCUT2D eigenvalue weighted by Crippen LogP contribution is 2.26. The number of carbonyl (C=O) groups is 1. The van der Waals surface area contributed by atoms with E-state index in [-0.39, 0.29) is 23.5 Å². The van der Waals surface area contributed by atoms with Crippen LogP contribution in [0.3, 0.4) is 0 Å². The van der Waals surface area contributed by atoms with Gasteiger partial charge in [0, 0.05) is 48.9 Å². The highest BCUT2D eigenvalue weighted by molar-refractivity contribution is 6.30. The molecule has 0 spiro atoms. The van der Waals surface area contributed by atoms with Crippen molar-refractivity contribution in [3.63, 3.8) is 0 Å². The molecule has 0 radical (unpaired) electrons. The summed E-state index contributed by atoms with van der Waals surface area (Å²) < 4.78 is 7.86. The van der Waals surface area contributed by atoms with Crippen LogP contribution in [0.25, 0.3) is 0 Å². The van der Waals surface area contributed by atoms with E-state index in [2.05, 4.69) is 23.7 Å². The van der Waals surface area contributed by atoms with Crippen molar-refractivity contribution in [1.82, 2.24) is 9.88 Å². The summed E-state index contributed by atoms with van der Waals surface area (Å²) in [6.07, 6.45) is 6.24. The predicted octanol–water partition coefficient (Wildman–Crippen LogP) is 4.39. The fourth-order valence-electron chi connectivity index (χ4n) is 3.63. The van der Waals surface area contributed by atoms with Gasteiger partial charge in [-0.1, -0.05) is 23.7 Å². The minimum Gasteiger partial charge on any atom is -0.375 e. The van der Waals surface area contributed by atoms with Crippen molar-refractivity contribution in [1.29, 1.82) is 0 Å². The van der Waals surface area contributed by atoms with Gasteiger partial charge in [0.25, 0.3) is 0 Å². The first-order valence-electron chi connectivity index (χ1n) is 9.21.